The number of amides is 2. The first-order valence-electron chi connectivity index (χ1n) is 22.7. The molecular weight excluding hydrogens is 723 g/mol. The summed E-state index contributed by atoms with van der Waals surface area (Å²) in [4.78, 5) is 41.8. The van der Waals surface area contributed by atoms with Crippen molar-refractivity contribution >= 4 is 17.8 Å². The van der Waals surface area contributed by atoms with E-state index in [1.54, 1.807) is 19.1 Å². The van der Waals surface area contributed by atoms with Crippen LogP contribution in [0.25, 0.3) is 0 Å². The van der Waals surface area contributed by atoms with Gasteiger partial charge in [-0.3, -0.25) is 19.4 Å². The van der Waals surface area contributed by atoms with E-state index < -0.39 is 24.2 Å². The summed E-state index contributed by atoms with van der Waals surface area (Å²) in [7, 11) is 5.92. The van der Waals surface area contributed by atoms with Gasteiger partial charge >= 0.3 is 0 Å². The van der Waals surface area contributed by atoms with E-state index in [9.17, 15) is 19.8 Å². The first-order chi connectivity index (χ1) is 27.1. The van der Waals surface area contributed by atoms with E-state index in [1.165, 1.54) is 38.5 Å². The molecule has 0 aromatic rings. The predicted molar refractivity (Wildman–Crippen MR) is 222 cm³/mol. The number of carbonyl (C=O) groups is 2. The molecule has 7 fully saturated rings. The van der Waals surface area contributed by atoms with Crippen molar-refractivity contribution in [2.24, 2.45) is 75.1 Å². The van der Waals surface area contributed by atoms with Gasteiger partial charge in [-0.2, -0.15) is 5.06 Å². The van der Waals surface area contributed by atoms with Crippen LogP contribution in [0.2, 0.25) is 0 Å². The molecule has 13 heteroatoms. The zero-order chi connectivity index (χ0) is 41.2. The number of nitrogens with one attached hydrogen (secondary N) is 2. The van der Waals surface area contributed by atoms with Crippen molar-refractivity contribution in [2.45, 2.75) is 160 Å². The molecular formula is C44H79N7O6. The number of guanidine groups is 1. The Kier molecular flexibility index (Phi) is 14.9. The lowest BCUT2D eigenvalue weighted by Crippen LogP contribution is -2.62. The highest BCUT2D eigenvalue weighted by atomic mass is 16.7. The number of nitrogens with zero attached hydrogens (tertiary/aromatic N) is 3. The molecule has 7 aliphatic rings. The highest BCUT2D eigenvalue weighted by Gasteiger charge is 2.58. The van der Waals surface area contributed by atoms with Gasteiger partial charge in [0.15, 0.2) is 5.96 Å². The molecule has 13 nitrogen and oxygen atoms in total. The molecule has 326 valence electrons. The summed E-state index contributed by atoms with van der Waals surface area (Å²) < 4.78 is 6.41. The number of likely N-dealkylation sites (N-methyl/N-ethyl adjacent to an activating group) is 1. The molecule has 7 rings (SSSR count). The number of fused-ring (bicyclic) bond motifs is 2. The third-order valence-electron chi connectivity index (χ3n) is 16.0. The van der Waals surface area contributed by atoms with E-state index in [1.807, 2.05) is 0 Å². The van der Waals surface area contributed by atoms with Crippen molar-refractivity contribution in [3.63, 3.8) is 0 Å². The molecule has 6 aliphatic carbocycles. The summed E-state index contributed by atoms with van der Waals surface area (Å²) in [6, 6.07) is -0.721. The standard InChI is InChI=1S/C44H79N7O6/c1-25-35-20-31(44(35,3)4)21-36(25)49-42(55)39-38(26(2)53)37(24-52)57-51(39)22-28-14-11-15-34(40(28)56-7)29-17-30(19-32(18-29)48-43(45)46)41(54)47-33(23-50(5)6)16-27-12-9-8-10-13-27/h25-40,52-53H,8-24H2,1-7H3,(H,47,54)(H,49,55)(H4,45,46,48)/t25-,26-,28?,29?,30?,31+,32?,33-,34?,35-,36-,37-,38+,39-,40?/m0/s1. The quantitative estimate of drug-likeness (QED) is 0.105. The van der Waals surface area contributed by atoms with Gasteiger partial charge in [-0.1, -0.05) is 59.3 Å². The number of rotatable bonds is 15. The van der Waals surface area contributed by atoms with Gasteiger partial charge in [-0.15, -0.1) is 0 Å². The fourth-order valence-electron chi connectivity index (χ4n) is 13.1. The molecule has 2 bridgehead atoms. The third-order valence-corrected chi connectivity index (χ3v) is 16.0. The van der Waals surface area contributed by atoms with E-state index in [4.69, 9.17) is 21.0 Å². The molecule has 1 heterocycles. The van der Waals surface area contributed by atoms with Crippen LogP contribution in [-0.4, -0.2) is 121 Å². The minimum atomic E-state index is -0.853. The maximum Gasteiger partial charge on any atom is 0.240 e. The van der Waals surface area contributed by atoms with Crippen LogP contribution in [0.4, 0.5) is 0 Å². The Balaban J connectivity index is 1.17. The number of hydrogen-bond acceptors (Lipinski definition) is 9. The number of aliphatic hydroxyl groups excluding tert-OH is 2. The number of methoxy groups -OCH3 is 1. The minimum Gasteiger partial charge on any atom is -0.394 e. The van der Waals surface area contributed by atoms with Gasteiger partial charge in [0.1, 0.15) is 12.1 Å². The Labute approximate surface area is 343 Å². The van der Waals surface area contributed by atoms with E-state index in [0.29, 0.717) is 42.1 Å². The molecule has 0 radical (unpaired) electrons. The SMILES string of the molecule is COC1C(CN2O[C@@H](CO)[C@@H]([C@H](C)O)[C@H]2C(=O)N[C@H]2C[C@H]3C[C@@H]([C@@H]2C)C3(C)C)CCCC1C1CC(N=C(N)N)CC(C(=O)N[C@@H](CC2CCCCC2)CN(C)C)C1. The van der Waals surface area contributed by atoms with Crippen LogP contribution >= 0.6 is 0 Å². The molecule has 6 unspecified atom stereocenters. The molecule has 0 spiro atoms. The fraction of sp³-hybridized carbons (Fsp3) is 0.932. The van der Waals surface area contributed by atoms with E-state index in [0.717, 1.165) is 51.5 Å². The Morgan fingerprint density at radius 1 is 1.02 bits per heavy atom. The first kappa shape index (κ1) is 44.5. The number of aliphatic imine (C=N–C) groups is 1. The molecule has 2 amide bonds. The second-order valence-electron chi connectivity index (χ2n) is 20.4. The van der Waals surface area contributed by atoms with Gasteiger partial charge < -0.3 is 42.0 Å². The molecule has 15 atom stereocenters. The van der Waals surface area contributed by atoms with Gasteiger partial charge in [0.25, 0.3) is 0 Å². The lowest BCUT2D eigenvalue weighted by Gasteiger charge is -2.62. The fourth-order valence-corrected chi connectivity index (χ4v) is 13.1. The zero-order valence-corrected chi connectivity index (χ0v) is 36.3. The van der Waals surface area contributed by atoms with Gasteiger partial charge in [0, 0.05) is 50.0 Å². The van der Waals surface area contributed by atoms with Crippen molar-refractivity contribution in [3.05, 3.63) is 0 Å². The number of aliphatic hydroxyl groups is 2. The predicted octanol–water partition coefficient (Wildman–Crippen LogP) is 3.65. The van der Waals surface area contributed by atoms with Crippen LogP contribution in [0.3, 0.4) is 0 Å². The van der Waals surface area contributed by atoms with Crippen LogP contribution in [0, 0.1) is 58.7 Å². The van der Waals surface area contributed by atoms with Crippen LogP contribution in [0.5, 0.6) is 0 Å². The van der Waals surface area contributed by atoms with Crippen molar-refractivity contribution in [2.75, 3.05) is 40.9 Å². The minimum absolute atomic E-state index is 0.0360. The molecule has 1 aliphatic heterocycles. The van der Waals surface area contributed by atoms with Gasteiger partial charge in [-0.05, 0) is 113 Å². The van der Waals surface area contributed by atoms with Crippen LogP contribution in [0.1, 0.15) is 118 Å². The van der Waals surface area contributed by atoms with E-state index in [2.05, 4.69) is 55.4 Å². The second-order valence-corrected chi connectivity index (χ2v) is 20.4. The summed E-state index contributed by atoms with van der Waals surface area (Å²) in [5.74, 6) is 1.79. The Hall–Kier alpha value is -2.03. The van der Waals surface area contributed by atoms with Gasteiger partial charge in [0.2, 0.25) is 11.8 Å². The van der Waals surface area contributed by atoms with Crippen molar-refractivity contribution in [3.8, 4) is 0 Å². The van der Waals surface area contributed by atoms with Crippen molar-refractivity contribution in [1.29, 1.82) is 0 Å². The average Bonchev–Trinajstić information content (AvgIpc) is 3.53. The van der Waals surface area contributed by atoms with Gasteiger partial charge in [-0.25, -0.2) is 0 Å². The molecule has 8 N–H and O–H groups in total. The number of hydrogen-bond donors (Lipinski definition) is 6. The summed E-state index contributed by atoms with van der Waals surface area (Å²) in [5.41, 5.74) is 12.2. The van der Waals surface area contributed by atoms with Gasteiger partial charge in [0.05, 0.1) is 24.9 Å². The van der Waals surface area contributed by atoms with Crippen molar-refractivity contribution < 1.29 is 29.4 Å². The van der Waals surface area contributed by atoms with E-state index in [-0.39, 0.29) is 72.3 Å². The largest absolute Gasteiger partial charge is 0.394 e. The normalized spacial score (nSPS) is 39.5. The maximum absolute atomic E-state index is 14.4. The average molecular weight is 802 g/mol. The number of ether oxygens (including phenoxy) is 1. The highest BCUT2D eigenvalue weighted by molar-refractivity contribution is 5.83. The molecule has 1 saturated heterocycles. The van der Waals surface area contributed by atoms with Crippen LogP contribution < -0.4 is 22.1 Å². The Morgan fingerprint density at radius 3 is 2.37 bits per heavy atom. The Morgan fingerprint density at radius 2 is 1.75 bits per heavy atom. The summed E-state index contributed by atoms with van der Waals surface area (Å²) in [6.45, 7) is 9.63. The summed E-state index contributed by atoms with van der Waals surface area (Å²) in [5, 5.41) is 30.1. The Bertz CT molecular complexity index is 1370. The lowest BCUT2D eigenvalue weighted by atomic mass is 9.45. The topological polar surface area (TPSA) is 188 Å². The molecule has 0 aromatic heterocycles. The molecule has 6 saturated carbocycles. The molecule has 0 aromatic carbocycles. The monoisotopic (exact) mass is 802 g/mol. The first-order valence-corrected chi connectivity index (χ1v) is 22.7. The smallest absolute Gasteiger partial charge is 0.240 e. The number of hydroxylamine groups is 2. The van der Waals surface area contributed by atoms with Crippen molar-refractivity contribution in [1.82, 2.24) is 20.6 Å². The second kappa shape index (κ2) is 19.1. The van der Waals surface area contributed by atoms with Crippen LogP contribution in [0.15, 0.2) is 4.99 Å². The van der Waals surface area contributed by atoms with Crippen LogP contribution in [-0.2, 0) is 19.2 Å². The third kappa shape index (κ3) is 10.1. The summed E-state index contributed by atoms with van der Waals surface area (Å²) >= 11 is 0. The zero-order valence-electron chi connectivity index (χ0n) is 36.3. The number of carbonyl (C=O) groups excluding carboxylic acids is 2. The number of nitrogens with two attached hydrogens (primary N) is 2. The highest BCUT2D eigenvalue weighted by Crippen LogP contribution is 2.61. The molecule has 57 heavy (non-hydrogen) atoms. The summed E-state index contributed by atoms with van der Waals surface area (Å²) in [6.07, 6.45) is 12.8. The maximum atomic E-state index is 14.4. The lowest BCUT2D eigenvalue weighted by molar-refractivity contribution is -0.193. The van der Waals surface area contributed by atoms with E-state index >= 15 is 0 Å².